The van der Waals surface area contributed by atoms with Crippen molar-refractivity contribution in [1.29, 1.82) is 0 Å². The van der Waals surface area contributed by atoms with Crippen LogP contribution in [0, 0.1) is 6.92 Å². The van der Waals surface area contributed by atoms with Crippen LogP contribution >= 0.6 is 0 Å². The molecule has 3 nitrogen and oxygen atoms in total. The van der Waals surface area contributed by atoms with Gasteiger partial charge in [-0.15, -0.1) is 0 Å². The Morgan fingerprint density at radius 2 is 1.23 bits per heavy atom. The molecule has 0 N–H and O–H groups in total. The molecule has 0 saturated heterocycles. The van der Waals surface area contributed by atoms with Gasteiger partial charge in [0.1, 0.15) is 0 Å². The number of hydrogen-bond acceptors (Lipinski definition) is 3. The van der Waals surface area contributed by atoms with E-state index in [1.165, 1.54) is 104 Å². The van der Waals surface area contributed by atoms with Crippen LogP contribution in [0.25, 0.3) is 11.1 Å². The zero-order valence-electron chi connectivity index (χ0n) is 37.6. The summed E-state index contributed by atoms with van der Waals surface area (Å²) < 4.78 is 0. The Balaban J connectivity index is 1.18. The van der Waals surface area contributed by atoms with E-state index in [-0.39, 0.29) is 28.5 Å². The molecule has 306 valence electrons. The van der Waals surface area contributed by atoms with E-state index in [0.717, 1.165) is 17.1 Å². The largest absolute Gasteiger partial charge is 0.335 e. The van der Waals surface area contributed by atoms with Gasteiger partial charge in [-0.2, -0.15) is 0 Å². The Labute approximate surface area is 369 Å². The van der Waals surface area contributed by atoms with Gasteiger partial charge in [0.25, 0.3) is 6.71 Å². The minimum atomic E-state index is -0.0685. The van der Waals surface area contributed by atoms with Crippen molar-refractivity contribution in [3.8, 4) is 11.1 Å². The van der Waals surface area contributed by atoms with Gasteiger partial charge in [-0.25, -0.2) is 0 Å². The molecule has 2 unspecified atom stereocenters. The van der Waals surface area contributed by atoms with E-state index in [2.05, 4.69) is 216 Å². The smallest absolute Gasteiger partial charge is 0.252 e. The van der Waals surface area contributed by atoms with E-state index in [0.29, 0.717) is 0 Å². The fraction of sp³-hybridized carbons (Fsp3) is 0.276. The standard InChI is InChI=1S/C58H56BN3/c1-37-31-51-53-52(32-37)62-54-47(57(7)29-17-18-30-58(57,62)8)33-38(55(2,3)4)34-49(54)59(53)48-28-26-42(60(39-19-11-9-12-20-39)40-21-13-10-14-22-40)36-50(48)61(51)41-25-27-46-44(35-41)43-23-15-16-24-45(43)56(46,5)6/h9-16,19-28,31-36H,17-18,29-30H2,1-8H3. The normalized spacial score (nSPS) is 20.8. The van der Waals surface area contributed by atoms with Gasteiger partial charge >= 0.3 is 0 Å². The number of benzene rings is 7. The highest BCUT2D eigenvalue weighted by Gasteiger charge is 2.61. The first-order valence-electron chi connectivity index (χ1n) is 23.0. The highest BCUT2D eigenvalue weighted by atomic mass is 15.3. The third kappa shape index (κ3) is 4.95. The number of fused-ring (bicyclic) bond motifs is 10. The van der Waals surface area contributed by atoms with Gasteiger partial charge < -0.3 is 14.7 Å². The Hall–Kier alpha value is -6.00. The molecule has 12 rings (SSSR count). The molecule has 62 heavy (non-hydrogen) atoms. The van der Waals surface area contributed by atoms with E-state index in [4.69, 9.17) is 0 Å². The summed E-state index contributed by atoms with van der Waals surface area (Å²) in [5.74, 6) is 0. The van der Waals surface area contributed by atoms with Crippen LogP contribution in [0.2, 0.25) is 0 Å². The number of para-hydroxylation sites is 2. The summed E-state index contributed by atoms with van der Waals surface area (Å²) in [6.45, 7) is 19.6. The summed E-state index contributed by atoms with van der Waals surface area (Å²) in [7, 11) is 0. The molecule has 7 aromatic carbocycles. The van der Waals surface area contributed by atoms with Crippen LogP contribution in [0.15, 0.2) is 146 Å². The number of anilines is 8. The molecule has 0 bridgehead atoms. The predicted octanol–water partition coefficient (Wildman–Crippen LogP) is 13.4. The number of nitrogens with zero attached hydrogens (tertiary/aromatic N) is 3. The second-order valence-corrected chi connectivity index (χ2v) is 21.0. The van der Waals surface area contributed by atoms with Crippen molar-refractivity contribution >= 4 is 68.6 Å². The minimum Gasteiger partial charge on any atom is -0.335 e. The number of hydrogen-bond donors (Lipinski definition) is 0. The molecule has 1 fully saturated rings. The first kappa shape index (κ1) is 37.7. The van der Waals surface area contributed by atoms with Crippen LogP contribution in [-0.2, 0) is 16.2 Å². The van der Waals surface area contributed by atoms with Crippen molar-refractivity contribution < 1.29 is 0 Å². The lowest BCUT2D eigenvalue weighted by atomic mass is 9.33. The topological polar surface area (TPSA) is 9.72 Å². The highest BCUT2D eigenvalue weighted by molar-refractivity contribution is 7.00. The van der Waals surface area contributed by atoms with E-state index in [9.17, 15) is 0 Å². The highest BCUT2D eigenvalue weighted by Crippen LogP contribution is 2.62. The molecule has 5 aliphatic rings. The van der Waals surface area contributed by atoms with Gasteiger partial charge in [0.2, 0.25) is 0 Å². The zero-order chi connectivity index (χ0) is 42.5. The molecule has 2 aliphatic carbocycles. The molecule has 0 aromatic heterocycles. The summed E-state index contributed by atoms with van der Waals surface area (Å²) in [5, 5.41) is 0. The maximum Gasteiger partial charge on any atom is 0.252 e. The van der Waals surface area contributed by atoms with Crippen LogP contribution in [0.5, 0.6) is 0 Å². The third-order valence-corrected chi connectivity index (χ3v) is 16.1. The summed E-state index contributed by atoms with van der Waals surface area (Å²) in [5.41, 5.74) is 24.1. The van der Waals surface area contributed by atoms with Crippen LogP contribution in [-0.4, -0.2) is 12.3 Å². The van der Waals surface area contributed by atoms with Gasteiger partial charge in [-0.1, -0.05) is 139 Å². The van der Waals surface area contributed by atoms with Gasteiger partial charge in [0.05, 0.1) is 5.54 Å². The molecular formula is C58H56BN3. The molecule has 0 spiro atoms. The lowest BCUT2D eigenvalue weighted by Crippen LogP contribution is -2.64. The van der Waals surface area contributed by atoms with E-state index in [1.54, 1.807) is 5.56 Å². The molecule has 3 aliphatic heterocycles. The van der Waals surface area contributed by atoms with Crippen molar-refractivity contribution in [2.75, 3.05) is 14.7 Å². The lowest BCUT2D eigenvalue weighted by Gasteiger charge is -2.53. The Morgan fingerprint density at radius 1 is 0.565 bits per heavy atom. The molecule has 7 aromatic rings. The fourth-order valence-electron chi connectivity index (χ4n) is 12.8. The monoisotopic (exact) mass is 805 g/mol. The third-order valence-electron chi connectivity index (χ3n) is 16.1. The number of rotatable bonds is 4. The Morgan fingerprint density at radius 3 is 1.95 bits per heavy atom. The van der Waals surface area contributed by atoms with Gasteiger partial charge in [0, 0.05) is 56.3 Å². The second kappa shape index (κ2) is 12.8. The van der Waals surface area contributed by atoms with Crippen LogP contribution in [0.3, 0.4) is 0 Å². The molecule has 4 heteroatoms. The predicted molar refractivity (Wildman–Crippen MR) is 264 cm³/mol. The molecule has 0 amide bonds. The molecular weight excluding hydrogens is 749 g/mol. The minimum absolute atomic E-state index is 0.00447. The zero-order valence-corrected chi connectivity index (χ0v) is 37.6. The first-order chi connectivity index (χ1) is 29.8. The maximum atomic E-state index is 2.87. The van der Waals surface area contributed by atoms with Crippen molar-refractivity contribution in [1.82, 2.24) is 0 Å². The summed E-state index contributed by atoms with van der Waals surface area (Å²) in [4.78, 5) is 7.93. The van der Waals surface area contributed by atoms with Gasteiger partial charge in [0.15, 0.2) is 0 Å². The lowest BCUT2D eigenvalue weighted by molar-refractivity contribution is 0.195. The molecule has 2 atom stereocenters. The fourth-order valence-corrected chi connectivity index (χ4v) is 12.8. The van der Waals surface area contributed by atoms with E-state index in [1.807, 2.05) is 0 Å². The SMILES string of the molecule is Cc1cc2c3c(c1)N1c4c(cc(C(C)(C)C)cc4C4(C)CCCCC14C)B3c1ccc(N(c3ccccc3)c3ccccc3)cc1N2c1ccc2c(c1)-c1ccccc1C2(C)C. The summed E-state index contributed by atoms with van der Waals surface area (Å²) in [6.07, 6.45) is 4.95. The molecule has 1 saturated carbocycles. The van der Waals surface area contributed by atoms with Crippen molar-refractivity contribution in [3.05, 3.63) is 173 Å². The summed E-state index contributed by atoms with van der Waals surface area (Å²) >= 11 is 0. The first-order valence-corrected chi connectivity index (χ1v) is 23.0. The molecule has 0 radical (unpaired) electrons. The van der Waals surface area contributed by atoms with Gasteiger partial charge in [-0.05, 0) is 148 Å². The van der Waals surface area contributed by atoms with Crippen molar-refractivity contribution in [2.24, 2.45) is 0 Å². The van der Waals surface area contributed by atoms with Crippen molar-refractivity contribution in [2.45, 2.75) is 103 Å². The quantitative estimate of drug-likeness (QED) is 0.164. The van der Waals surface area contributed by atoms with Crippen molar-refractivity contribution in [3.63, 3.8) is 0 Å². The van der Waals surface area contributed by atoms with E-state index < -0.39 is 0 Å². The maximum absolute atomic E-state index is 2.87. The van der Waals surface area contributed by atoms with Crippen LogP contribution in [0.4, 0.5) is 45.5 Å². The van der Waals surface area contributed by atoms with Crippen LogP contribution < -0.4 is 31.1 Å². The second-order valence-electron chi connectivity index (χ2n) is 21.0. The average molecular weight is 806 g/mol. The van der Waals surface area contributed by atoms with E-state index >= 15 is 0 Å². The van der Waals surface area contributed by atoms with Gasteiger partial charge in [-0.3, -0.25) is 0 Å². The Bertz CT molecular complexity index is 2960. The summed E-state index contributed by atoms with van der Waals surface area (Å²) in [6, 6.07) is 55.8. The number of aryl methyl sites for hydroxylation is 1. The molecule has 3 heterocycles. The van der Waals surface area contributed by atoms with Crippen LogP contribution in [0.1, 0.15) is 102 Å². The average Bonchev–Trinajstić information content (AvgIpc) is 3.62. The Kier molecular flexibility index (Phi) is 7.78.